The van der Waals surface area contributed by atoms with E-state index in [-0.39, 0.29) is 5.60 Å². The van der Waals surface area contributed by atoms with Crippen LogP contribution in [0.4, 0.5) is 0 Å². The first-order valence-corrected chi connectivity index (χ1v) is 4.71. The average molecular weight is 173 g/mol. The van der Waals surface area contributed by atoms with Crippen molar-refractivity contribution >= 4 is 0 Å². The Morgan fingerprint density at radius 2 is 1.83 bits per heavy atom. The molecule has 1 atom stereocenters. The van der Waals surface area contributed by atoms with Gasteiger partial charge >= 0.3 is 0 Å². The van der Waals surface area contributed by atoms with Gasteiger partial charge in [0, 0.05) is 6.54 Å². The van der Waals surface area contributed by atoms with Gasteiger partial charge in [-0.3, -0.25) is 0 Å². The first-order chi connectivity index (χ1) is 5.35. The summed E-state index contributed by atoms with van der Waals surface area (Å²) in [6, 6.07) is 0. The van der Waals surface area contributed by atoms with Gasteiger partial charge in [0.1, 0.15) is 0 Å². The van der Waals surface area contributed by atoms with Crippen molar-refractivity contribution in [2.24, 2.45) is 0 Å². The number of hydrogen-bond donors (Lipinski definition) is 0. The third-order valence-corrected chi connectivity index (χ3v) is 1.66. The van der Waals surface area contributed by atoms with Crippen LogP contribution in [0.5, 0.6) is 0 Å². The van der Waals surface area contributed by atoms with Gasteiger partial charge in [0.25, 0.3) is 0 Å². The van der Waals surface area contributed by atoms with Crippen molar-refractivity contribution < 1.29 is 4.74 Å². The standard InChI is InChI=1S/C10H23NO/c1-7-11(6)8-9(2)12-10(3,4)5/h9H,7-8H2,1-6H3. The molecule has 0 aliphatic rings. The van der Waals surface area contributed by atoms with Crippen LogP contribution in [0.2, 0.25) is 0 Å². The Balaban J connectivity index is 3.66. The number of hydrogen-bond acceptors (Lipinski definition) is 2. The maximum absolute atomic E-state index is 5.77. The summed E-state index contributed by atoms with van der Waals surface area (Å²) in [4.78, 5) is 2.26. The topological polar surface area (TPSA) is 12.5 Å². The van der Waals surface area contributed by atoms with Crippen LogP contribution < -0.4 is 0 Å². The highest BCUT2D eigenvalue weighted by Crippen LogP contribution is 2.10. The molecule has 0 aromatic rings. The van der Waals surface area contributed by atoms with Crippen LogP contribution in [0.25, 0.3) is 0 Å². The number of nitrogens with zero attached hydrogens (tertiary/aromatic N) is 1. The molecular formula is C10H23NO. The number of likely N-dealkylation sites (N-methyl/N-ethyl adjacent to an activating group) is 1. The monoisotopic (exact) mass is 173 g/mol. The molecule has 2 nitrogen and oxygen atoms in total. The molecule has 12 heavy (non-hydrogen) atoms. The van der Waals surface area contributed by atoms with E-state index >= 15 is 0 Å². The van der Waals surface area contributed by atoms with Crippen molar-refractivity contribution in [3.8, 4) is 0 Å². The molecule has 0 heterocycles. The van der Waals surface area contributed by atoms with Gasteiger partial charge < -0.3 is 9.64 Å². The summed E-state index contributed by atoms with van der Waals surface area (Å²) >= 11 is 0. The number of ether oxygens (including phenoxy) is 1. The summed E-state index contributed by atoms with van der Waals surface area (Å²) < 4.78 is 5.77. The molecule has 0 saturated carbocycles. The minimum absolute atomic E-state index is 0.0198. The molecule has 0 rings (SSSR count). The third-order valence-electron chi connectivity index (χ3n) is 1.66. The van der Waals surface area contributed by atoms with Crippen LogP contribution in [0, 0.1) is 0 Å². The predicted octanol–water partition coefficient (Wildman–Crippen LogP) is 2.14. The maximum atomic E-state index is 5.77. The van der Waals surface area contributed by atoms with E-state index in [9.17, 15) is 0 Å². The molecule has 0 amide bonds. The second-order valence-corrected chi connectivity index (χ2v) is 4.40. The molecule has 74 valence electrons. The van der Waals surface area contributed by atoms with Crippen LogP contribution in [0.15, 0.2) is 0 Å². The van der Waals surface area contributed by atoms with Crippen molar-refractivity contribution in [1.82, 2.24) is 4.90 Å². The van der Waals surface area contributed by atoms with Crippen molar-refractivity contribution in [2.45, 2.75) is 46.3 Å². The Bertz CT molecular complexity index is 117. The Hall–Kier alpha value is -0.0800. The van der Waals surface area contributed by atoms with Crippen molar-refractivity contribution in [3.05, 3.63) is 0 Å². The lowest BCUT2D eigenvalue weighted by atomic mass is 10.2. The lowest BCUT2D eigenvalue weighted by Gasteiger charge is -2.27. The molecule has 0 saturated heterocycles. The second kappa shape index (κ2) is 4.83. The summed E-state index contributed by atoms with van der Waals surface area (Å²) in [5, 5.41) is 0. The van der Waals surface area contributed by atoms with E-state index in [0.717, 1.165) is 13.1 Å². The molecule has 0 aromatic carbocycles. The van der Waals surface area contributed by atoms with Gasteiger partial charge in [-0.25, -0.2) is 0 Å². The molecule has 0 radical (unpaired) electrons. The highest BCUT2D eigenvalue weighted by molar-refractivity contribution is 4.65. The average Bonchev–Trinajstić information content (AvgIpc) is 1.82. The molecule has 2 heteroatoms. The van der Waals surface area contributed by atoms with Gasteiger partial charge in [-0.2, -0.15) is 0 Å². The van der Waals surface area contributed by atoms with E-state index in [4.69, 9.17) is 4.74 Å². The molecule has 0 spiro atoms. The minimum atomic E-state index is -0.0198. The zero-order valence-electron chi connectivity index (χ0n) is 9.35. The van der Waals surface area contributed by atoms with E-state index in [1.807, 2.05) is 0 Å². The zero-order chi connectivity index (χ0) is 9.78. The molecule has 0 aromatic heterocycles. The van der Waals surface area contributed by atoms with Crippen molar-refractivity contribution in [1.29, 1.82) is 0 Å². The maximum Gasteiger partial charge on any atom is 0.0680 e. The molecule has 0 bridgehead atoms. The van der Waals surface area contributed by atoms with Gasteiger partial charge in [-0.15, -0.1) is 0 Å². The molecule has 0 aliphatic carbocycles. The minimum Gasteiger partial charge on any atom is -0.372 e. The van der Waals surface area contributed by atoms with Gasteiger partial charge in [0.05, 0.1) is 11.7 Å². The summed E-state index contributed by atoms with van der Waals surface area (Å²) in [7, 11) is 2.11. The summed E-state index contributed by atoms with van der Waals surface area (Å²) in [5.74, 6) is 0. The Kier molecular flexibility index (Phi) is 4.80. The van der Waals surface area contributed by atoms with Crippen LogP contribution in [-0.2, 0) is 4.74 Å². The van der Waals surface area contributed by atoms with Crippen LogP contribution in [-0.4, -0.2) is 36.7 Å². The highest BCUT2D eigenvalue weighted by atomic mass is 16.5. The van der Waals surface area contributed by atoms with E-state index in [1.165, 1.54) is 0 Å². The van der Waals surface area contributed by atoms with Gasteiger partial charge in [0.2, 0.25) is 0 Å². The lowest BCUT2D eigenvalue weighted by molar-refractivity contribution is -0.0603. The van der Waals surface area contributed by atoms with E-state index < -0.39 is 0 Å². The molecular weight excluding hydrogens is 150 g/mol. The van der Waals surface area contributed by atoms with Crippen molar-refractivity contribution in [3.63, 3.8) is 0 Å². The Morgan fingerprint density at radius 1 is 1.33 bits per heavy atom. The van der Waals surface area contributed by atoms with Crippen LogP contribution in [0.1, 0.15) is 34.6 Å². The van der Waals surface area contributed by atoms with Crippen molar-refractivity contribution in [2.75, 3.05) is 20.1 Å². The fourth-order valence-electron chi connectivity index (χ4n) is 1.21. The quantitative estimate of drug-likeness (QED) is 0.646. The zero-order valence-corrected chi connectivity index (χ0v) is 9.35. The van der Waals surface area contributed by atoms with E-state index in [0.29, 0.717) is 6.10 Å². The first kappa shape index (κ1) is 11.9. The Labute approximate surface area is 76.9 Å². The summed E-state index contributed by atoms with van der Waals surface area (Å²) in [6.07, 6.45) is 0.315. The second-order valence-electron chi connectivity index (χ2n) is 4.40. The van der Waals surface area contributed by atoms with Crippen LogP contribution in [0.3, 0.4) is 0 Å². The van der Waals surface area contributed by atoms with E-state index in [2.05, 4.69) is 46.6 Å². The van der Waals surface area contributed by atoms with Crippen LogP contribution >= 0.6 is 0 Å². The fourth-order valence-corrected chi connectivity index (χ4v) is 1.21. The first-order valence-electron chi connectivity index (χ1n) is 4.71. The van der Waals surface area contributed by atoms with Gasteiger partial charge in [-0.1, -0.05) is 6.92 Å². The normalized spacial score (nSPS) is 15.2. The summed E-state index contributed by atoms with van der Waals surface area (Å²) in [6.45, 7) is 12.6. The fraction of sp³-hybridized carbons (Fsp3) is 1.00. The molecule has 1 unspecified atom stereocenters. The predicted molar refractivity (Wildman–Crippen MR) is 53.5 cm³/mol. The Morgan fingerprint density at radius 3 is 2.17 bits per heavy atom. The molecule has 0 aliphatic heterocycles. The summed E-state index contributed by atoms with van der Waals surface area (Å²) in [5.41, 5.74) is -0.0198. The SMILES string of the molecule is CCN(C)CC(C)OC(C)(C)C. The smallest absolute Gasteiger partial charge is 0.0680 e. The molecule has 0 fully saturated rings. The third kappa shape index (κ3) is 6.62. The van der Waals surface area contributed by atoms with E-state index in [1.54, 1.807) is 0 Å². The largest absolute Gasteiger partial charge is 0.372 e. The van der Waals surface area contributed by atoms with Gasteiger partial charge in [0.15, 0.2) is 0 Å². The highest BCUT2D eigenvalue weighted by Gasteiger charge is 2.15. The number of rotatable bonds is 4. The molecule has 0 N–H and O–H groups in total. The lowest BCUT2D eigenvalue weighted by Crippen LogP contribution is -2.34. The van der Waals surface area contributed by atoms with Gasteiger partial charge in [-0.05, 0) is 41.3 Å².